The lowest BCUT2D eigenvalue weighted by Gasteiger charge is -2.48. The van der Waals surface area contributed by atoms with Crippen LogP contribution in [0.3, 0.4) is 0 Å². The first-order chi connectivity index (χ1) is 15.8. The van der Waals surface area contributed by atoms with Crippen molar-refractivity contribution < 1.29 is 19.4 Å². The normalized spacial score (nSPS) is 28.3. The Balaban J connectivity index is 1.96. The molecule has 1 amide bonds. The van der Waals surface area contributed by atoms with Crippen molar-refractivity contribution in [2.24, 2.45) is 23.0 Å². The van der Waals surface area contributed by atoms with Crippen LogP contribution in [-0.2, 0) is 20.7 Å². The summed E-state index contributed by atoms with van der Waals surface area (Å²) < 4.78 is 11.1. The number of fused-ring (bicyclic) bond motifs is 1. The average molecular weight is 457 g/mol. The van der Waals surface area contributed by atoms with E-state index in [9.17, 15) is 10.1 Å². The second-order valence-corrected chi connectivity index (χ2v) is 9.63. The Morgan fingerprint density at radius 2 is 2.03 bits per heavy atom. The molecule has 180 valence electrons. The molecule has 0 saturated heterocycles. The first-order valence-corrected chi connectivity index (χ1v) is 11.7. The van der Waals surface area contributed by atoms with E-state index < -0.39 is 5.92 Å². The Kier molecular flexibility index (Phi) is 8.11. The SMILES string of the molecule is CO[C@H]1[C@H](C)C[C@@]2(Cc3ccc(C#N)cc3[C@H]2C(=O)N(CCCOCCO)C(=N)N)C[C@@H]1C. The van der Waals surface area contributed by atoms with Gasteiger partial charge in [-0.3, -0.25) is 15.1 Å². The van der Waals surface area contributed by atoms with Crippen LogP contribution in [0.1, 0.15) is 55.7 Å². The lowest BCUT2D eigenvalue weighted by molar-refractivity contribution is -0.135. The van der Waals surface area contributed by atoms with E-state index in [4.69, 9.17) is 25.7 Å². The van der Waals surface area contributed by atoms with Crippen LogP contribution in [0.2, 0.25) is 0 Å². The standard InChI is InChI=1S/C25H36N4O4/c1-16-12-25(13-17(2)22(16)32-3)14-19-6-5-18(15-26)11-20(19)21(25)23(31)29(24(27)28)7-4-9-33-10-8-30/h5-6,11,16-17,21-22,30H,4,7-10,12-14H2,1-3H3,(H3,27,28)/t16-,17+,21-,22+,25+/m0/s1. The minimum atomic E-state index is -0.467. The highest BCUT2D eigenvalue weighted by Crippen LogP contribution is 2.58. The zero-order chi connectivity index (χ0) is 24.2. The largest absolute Gasteiger partial charge is 0.394 e. The number of aliphatic hydroxyl groups excluding tert-OH is 1. The molecule has 1 saturated carbocycles. The number of ether oxygens (including phenoxy) is 2. The van der Waals surface area contributed by atoms with Crippen molar-refractivity contribution in [3.8, 4) is 6.07 Å². The summed E-state index contributed by atoms with van der Waals surface area (Å²) in [7, 11) is 1.75. The number of hydrogen-bond acceptors (Lipinski definition) is 6. The van der Waals surface area contributed by atoms with E-state index in [1.165, 1.54) is 4.90 Å². The van der Waals surface area contributed by atoms with Crippen LogP contribution >= 0.6 is 0 Å². The van der Waals surface area contributed by atoms with E-state index in [1.807, 2.05) is 18.2 Å². The van der Waals surface area contributed by atoms with Crippen LogP contribution in [0.25, 0.3) is 0 Å². The van der Waals surface area contributed by atoms with Gasteiger partial charge in [0.25, 0.3) is 0 Å². The Hall–Kier alpha value is -2.47. The summed E-state index contributed by atoms with van der Waals surface area (Å²) in [5.41, 5.74) is 8.08. The average Bonchev–Trinajstić information content (AvgIpc) is 3.06. The molecule has 1 aromatic rings. The summed E-state index contributed by atoms with van der Waals surface area (Å²) in [6.45, 7) is 5.17. The van der Waals surface area contributed by atoms with Gasteiger partial charge >= 0.3 is 0 Å². The van der Waals surface area contributed by atoms with E-state index in [-0.39, 0.29) is 55.0 Å². The summed E-state index contributed by atoms with van der Waals surface area (Å²) in [5, 5.41) is 26.5. The monoisotopic (exact) mass is 456 g/mol. The van der Waals surface area contributed by atoms with Gasteiger partial charge in [0.2, 0.25) is 5.91 Å². The number of amides is 1. The molecule has 2 aliphatic carbocycles. The van der Waals surface area contributed by atoms with Crippen LogP contribution in [-0.4, -0.2) is 61.5 Å². The van der Waals surface area contributed by atoms with Gasteiger partial charge < -0.3 is 20.3 Å². The number of hydrogen-bond donors (Lipinski definition) is 3. The highest BCUT2D eigenvalue weighted by atomic mass is 16.5. The van der Waals surface area contributed by atoms with Crippen molar-refractivity contribution in [1.82, 2.24) is 4.90 Å². The maximum Gasteiger partial charge on any atom is 0.237 e. The zero-order valence-electron chi connectivity index (χ0n) is 19.8. The topological polar surface area (TPSA) is 133 Å². The molecule has 0 aliphatic heterocycles. The Bertz CT molecular complexity index is 900. The third-order valence-electron chi connectivity index (χ3n) is 7.30. The predicted molar refractivity (Wildman–Crippen MR) is 125 cm³/mol. The van der Waals surface area contributed by atoms with Gasteiger partial charge in [-0.25, -0.2) is 0 Å². The van der Waals surface area contributed by atoms with Crippen LogP contribution in [0.5, 0.6) is 0 Å². The number of nitrogens with two attached hydrogens (primary N) is 1. The van der Waals surface area contributed by atoms with Crippen molar-refractivity contribution in [1.29, 1.82) is 10.7 Å². The van der Waals surface area contributed by atoms with Crippen LogP contribution in [0.4, 0.5) is 0 Å². The van der Waals surface area contributed by atoms with Crippen LogP contribution < -0.4 is 5.73 Å². The molecule has 0 unspecified atom stereocenters. The van der Waals surface area contributed by atoms with E-state index in [0.717, 1.165) is 30.4 Å². The molecule has 33 heavy (non-hydrogen) atoms. The smallest absolute Gasteiger partial charge is 0.237 e. The van der Waals surface area contributed by atoms with E-state index in [0.29, 0.717) is 18.6 Å². The minimum absolute atomic E-state index is 0.0587. The van der Waals surface area contributed by atoms with Gasteiger partial charge in [-0.1, -0.05) is 19.9 Å². The first kappa shape index (κ1) is 25.2. The molecule has 8 heteroatoms. The maximum absolute atomic E-state index is 14.0. The molecular formula is C25H36N4O4. The van der Waals surface area contributed by atoms with Crippen molar-refractivity contribution in [3.63, 3.8) is 0 Å². The lowest BCUT2D eigenvalue weighted by Crippen LogP contribution is -2.51. The maximum atomic E-state index is 14.0. The lowest BCUT2D eigenvalue weighted by atomic mass is 9.59. The molecule has 1 fully saturated rings. The molecule has 4 N–H and O–H groups in total. The van der Waals surface area contributed by atoms with Gasteiger partial charge in [0.15, 0.2) is 5.96 Å². The number of nitrogens with zero attached hydrogens (tertiary/aromatic N) is 2. The third-order valence-corrected chi connectivity index (χ3v) is 7.30. The number of benzene rings is 1. The van der Waals surface area contributed by atoms with Crippen molar-refractivity contribution in [2.75, 3.05) is 33.5 Å². The van der Waals surface area contributed by atoms with Gasteiger partial charge in [-0.05, 0) is 66.2 Å². The molecule has 3 rings (SSSR count). The number of aliphatic hydroxyl groups is 1. The molecule has 1 spiro atoms. The third kappa shape index (κ3) is 5.06. The first-order valence-electron chi connectivity index (χ1n) is 11.7. The predicted octanol–water partition coefficient (Wildman–Crippen LogP) is 2.39. The van der Waals surface area contributed by atoms with Gasteiger partial charge in [0.05, 0.1) is 36.9 Å². The van der Waals surface area contributed by atoms with Gasteiger partial charge in [-0.2, -0.15) is 5.26 Å². The van der Waals surface area contributed by atoms with Crippen molar-refractivity contribution >= 4 is 11.9 Å². The fourth-order valence-electron chi connectivity index (χ4n) is 6.30. The van der Waals surface area contributed by atoms with Crippen molar-refractivity contribution in [3.05, 3.63) is 34.9 Å². The van der Waals surface area contributed by atoms with Gasteiger partial charge in [0, 0.05) is 20.3 Å². The molecule has 0 heterocycles. The number of carbonyl (C=O) groups is 1. The van der Waals surface area contributed by atoms with E-state index in [1.54, 1.807) is 7.11 Å². The number of nitriles is 1. The van der Waals surface area contributed by atoms with E-state index in [2.05, 4.69) is 19.9 Å². The fraction of sp³-hybridized carbons (Fsp3) is 0.640. The molecule has 0 radical (unpaired) electrons. The molecular weight excluding hydrogens is 420 g/mol. The number of guanidine groups is 1. The van der Waals surface area contributed by atoms with Crippen LogP contribution in [0.15, 0.2) is 18.2 Å². The van der Waals surface area contributed by atoms with Gasteiger partial charge in [0.1, 0.15) is 0 Å². The zero-order valence-corrected chi connectivity index (χ0v) is 19.8. The Morgan fingerprint density at radius 1 is 1.33 bits per heavy atom. The summed E-state index contributed by atoms with van der Waals surface area (Å²) in [6, 6.07) is 7.83. The quantitative estimate of drug-likeness (QED) is 0.312. The molecule has 0 aromatic heterocycles. The molecule has 2 aliphatic rings. The van der Waals surface area contributed by atoms with Crippen molar-refractivity contribution in [2.45, 2.75) is 51.6 Å². The highest BCUT2D eigenvalue weighted by molar-refractivity contribution is 5.99. The van der Waals surface area contributed by atoms with Gasteiger partial charge in [-0.15, -0.1) is 0 Å². The number of nitrogens with one attached hydrogen (secondary N) is 1. The highest BCUT2D eigenvalue weighted by Gasteiger charge is 2.55. The number of carbonyl (C=O) groups excluding carboxylic acids is 1. The molecule has 5 atom stereocenters. The summed E-state index contributed by atoms with van der Waals surface area (Å²) in [6.07, 6.45) is 3.06. The minimum Gasteiger partial charge on any atom is -0.394 e. The summed E-state index contributed by atoms with van der Waals surface area (Å²) in [4.78, 5) is 15.4. The second kappa shape index (κ2) is 10.6. The van der Waals surface area contributed by atoms with E-state index >= 15 is 0 Å². The molecule has 1 aromatic carbocycles. The number of methoxy groups -OCH3 is 1. The molecule has 0 bridgehead atoms. The fourth-order valence-corrected chi connectivity index (χ4v) is 6.30. The number of rotatable bonds is 8. The second-order valence-electron chi connectivity index (χ2n) is 9.63. The Morgan fingerprint density at radius 3 is 2.61 bits per heavy atom. The van der Waals surface area contributed by atoms with Crippen LogP contribution in [0, 0.1) is 34.0 Å². The Labute approximate surface area is 196 Å². The summed E-state index contributed by atoms with van der Waals surface area (Å²) >= 11 is 0. The summed E-state index contributed by atoms with van der Waals surface area (Å²) in [5.74, 6) is -0.388. The molecule has 8 nitrogen and oxygen atoms in total.